The maximum absolute atomic E-state index is 13.0. The number of hydrogen-bond donors (Lipinski definition) is 1. The number of carboxylic acids is 1. The minimum Gasteiger partial charge on any atom is -0.481 e. The van der Waals surface area contributed by atoms with Gasteiger partial charge >= 0.3 is 5.97 Å². The fraction of sp³-hybridized carbons (Fsp3) is 0.294. The van der Waals surface area contributed by atoms with Gasteiger partial charge in [0.25, 0.3) is 0 Å². The molecule has 22 heavy (non-hydrogen) atoms. The lowest BCUT2D eigenvalue weighted by Crippen LogP contribution is -2.32. The van der Waals surface area contributed by atoms with E-state index in [1.165, 1.54) is 12.1 Å². The summed E-state index contributed by atoms with van der Waals surface area (Å²) in [4.78, 5) is 17.4. The van der Waals surface area contributed by atoms with E-state index in [1.807, 2.05) is 24.0 Å². The highest BCUT2D eigenvalue weighted by molar-refractivity contribution is 5.70. The average Bonchev–Trinajstić information content (AvgIpc) is 2.49. The summed E-state index contributed by atoms with van der Waals surface area (Å²) in [5.41, 5.74) is 1.94. The SMILES string of the molecule is Cc1ccc(N(Cc2ccc(F)cc2)CC(C)C(=O)O)nc1. The van der Waals surface area contributed by atoms with Gasteiger partial charge in [0, 0.05) is 19.3 Å². The second-order valence-corrected chi connectivity index (χ2v) is 5.44. The van der Waals surface area contributed by atoms with Crippen molar-refractivity contribution in [1.29, 1.82) is 0 Å². The number of halogens is 1. The van der Waals surface area contributed by atoms with Gasteiger partial charge in [0.2, 0.25) is 0 Å². The Balaban J connectivity index is 2.22. The molecule has 1 unspecified atom stereocenters. The van der Waals surface area contributed by atoms with Gasteiger partial charge in [0.15, 0.2) is 0 Å². The molecule has 2 rings (SSSR count). The number of carbonyl (C=O) groups is 1. The van der Waals surface area contributed by atoms with E-state index in [1.54, 1.807) is 25.3 Å². The first-order valence-corrected chi connectivity index (χ1v) is 7.10. The summed E-state index contributed by atoms with van der Waals surface area (Å²) in [6.07, 6.45) is 1.75. The van der Waals surface area contributed by atoms with Gasteiger partial charge in [-0.15, -0.1) is 0 Å². The van der Waals surface area contributed by atoms with Crippen molar-refractivity contribution in [2.45, 2.75) is 20.4 Å². The molecule has 0 aliphatic carbocycles. The van der Waals surface area contributed by atoms with E-state index in [9.17, 15) is 9.18 Å². The number of aliphatic carboxylic acids is 1. The molecule has 5 heteroatoms. The Morgan fingerprint density at radius 1 is 1.27 bits per heavy atom. The summed E-state index contributed by atoms with van der Waals surface area (Å²) >= 11 is 0. The van der Waals surface area contributed by atoms with Crippen LogP contribution >= 0.6 is 0 Å². The molecule has 0 aliphatic heterocycles. The molecular weight excluding hydrogens is 283 g/mol. The number of aromatic nitrogens is 1. The van der Waals surface area contributed by atoms with E-state index in [2.05, 4.69) is 4.98 Å². The van der Waals surface area contributed by atoms with Crippen LogP contribution in [0.1, 0.15) is 18.1 Å². The fourth-order valence-electron chi connectivity index (χ4n) is 2.11. The van der Waals surface area contributed by atoms with E-state index >= 15 is 0 Å². The molecule has 1 N–H and O–H groups in total. The molecule has 116 valence electrons. The van der Waals surface area contributed by atoms with Crippen LogP contribution in [0.2, 0.25) is 0 Å². The number of nitrogens with zero attached hydrogens (tertiary/aromatic N) is 2. The molecule has 2 aromatic rings. The molecule has 0 radical (unpaired) electrons. The van der Waals surface area contributed by atoms with Crippen LogP contribution in [0, 0.1) is 18.7 Å². The van der Waals surface area contributed by atoms with Gasteiger partial charge in [-0.1, -0.05) is 25.1 Å². The third-order valence-corrected chi connectivity index (χ3v) is 3.42. The van der Waals surface area contributed by atoms with Crippen LogP contribution in [-0.2, 0) is 11.3 Å². The maximum atomic E-state index is 13.0. The van der Waals surface area contributed by atoms with E-state index in [0.29, 0.717) is 18.9 Å². The van der Waals surface area contributed by atoms with E-state index in [0.717, 1.165) is 11.1 Å². The van der Waals surface area contributed by atoms with E-state index in [-0.39, 0.29) is 5.82 Å². The smallest absolute Gasteiger partial charge is 0.308 e. The van der Waals surface area contributed by atoms with Crippen molar-refractivity contribution < 1.29 is 14.3 Å². The quantitative estimate of drug-likeness (QED) is 0.890. The van der Waals surface area contributed by atoms with Crippen molar-refractivity contribution in [1.82, 2.24) is 4.98 Å². The van der Waals surface area contributed by atoms with Crippen LogP contribution in [-0.4, -0.2) is 22.6 Å². The summed E-state index contributed by atoms with van der Waals surface area (Å²) < 4.78 is 13.0. The Morgan fingerprint density at radius 2 is 1.95 bits per heavy atom. The van der Waals surface area contributed by atoms with Crippen LogP contribution in [0.15, 0.2) is 42.6 Å². The second kappa shape index (κ2) is 7.02. The standard InChI is InChI=1S/C17H19FN2O2/c1-12-3-8-16(19-9-12)20(10-13(2)17(21)22)11-14-4-6-15(18)7-5-14/h3-9,13H,10-11H2,1-2H3,(H,21,22). The molecule has 0 spiro atoms. The molecule has 0 saturated carbocycles. The van der Waals surface area contributed by atoms with Crippen molar-refractivity contribution in [2.24, 2.45) is 5.92 Å². The van der Waals surface area contributed by atoms with Gasteiger partial charge in [0.1, 0.15) is 11.6 Å². The molecular formula is C17H19FN2O2. The predicted octanol–water partition coefficient (Wildman–Crippen LogP) is 3.26. The molecule has 4 nitrogen and oxygen atoms in total. The Morgan fingerprint density at radius 3 is 2.50 bits per heavy atom. The average molecular weight is 302 g/mol. The summed E-state index contributed by atoms with van der Waals surface area (Å²) in [5.74, 6) is -0.953. The van der Waals surface area contributed by atoms with Crippen molar-refractivity contribution in [2.75, 3.05) is 11.4 Å². The number of rotatable bonds is 6. The number of hydrogen-bond acceptors (Lipinski definition) is 3. The molecule has 0 fully saturated rings. The van der Waals surface area contributed by atoms with Crippen molar-refractivity contribution in [3.8, 4) is 0 Å². The molecule has 1 aromatic carbocycles. The number of aryl methyl sites for hydroxylation is 1. The molecule has 1 aromatic heterocycles. The normalized spacial score (nSPS) is 12.0. The number of carboxylic acid groups (broad SMARTS) is 1. The van der Waals surface area contributed by atoms with Crippen LogP contribution in [0.4, 0.5) is 10.2 Å². The fourth-order valence-corrected chi connectivity index (χ4v) is 2.11. The molecule has 0 aliphatic rings. The highest BCUT2D eigenvalue weighted by atomic mass is 19.1. The molecule has 0 amide bonds. The van der Waals surface area contributed by atoms with E-state index in [4.69, 9.17) is 5.11 Å². The maximum Gasteiger partial charge on any atom is 0.308 e. The first-order valence-electron chi connectivity index (χ1n) is 7.10. The Labute approximate surface area is 129 Å². The van der Waals surface area contributed by atoms with Gasteiger partial charge in [0.05, 0.1) is 5.92 Å². The van der Waals surface area contributed by atoms with Crippen LogP contribution in [0.5, 0.6) is 0 Å². The summed E-state index contributed by atoms with van der Waals surface area (Å²) in [7, 11) is 0. The van der Waals surface area contributed by atoms with E-state index < -0.39 is 11.9 Å². The van der Waals surface area contributed by atoms with Crippen LogP contribution in [0.25, 0.3) is 0 Å². The highest BCUT2D eigenvalue weighted by Gasteiger charge is 2.17. The first-order chi connectivity index (χ1) is 10.5. The lowest BCUT2D eigenvalue weighted by molar-refractivity contribution is -0.140. The lowest BCUT2D eigenvalue weighted by Gasteiger charge is -2.25. The van der Waals surface area contributed by atoms with Crippen LogP contribution < -0.4 is 4.90 Å². The van der Waals surface area contributed by atoms with Gasteiger partial charge in [-0.05, 0) is 36.2 Å². The predicted molar refractivity (Wildman–Crippen MR) is 83.2 cm³/mol. The Bertz CT molecular complexity index is 626. The van der Waals surface area contributed by atoms with Crippen molar-refractivity contribution in [3.63, 3.8) is 0 Å². The first kappa shape index (κ1) is 15.9. The monoisotopic (exact) mass is 302 g/mol. The second-order valence-electron chi connectivity index (χ2n) is 5.44. The molecule has 1 atom stereocenters. The Kier molecular flexibility index (Phi) is 5.09. The van der Waals surface area contributed by atoms with Gasteiger partial charge in [-0.2, -0.15) is 0 Å². The third kappa shape index (κ3) is 4.28. The number of pyridine rings is 1. The van der Waals surface area contributed by atoms with Gasteiger partial charge in [-0.3, -0.25) is 4.79 Å². The molecule has 0 bridgehead atoms. The van der Waals surface area contributed by atoms with Crippen molar-refractivity contribution in [3.05, 3.63) is 59.5 Å². The van der Waals surface area contributed by atoms with Gasteiger partial charge < -0.3 is 10.0 Å². The zero-order valence-electron chi connectivity index (χ0n) is 12.7. The minimum absolute atomic E-state index is 0.289. The van der Waals surface area contributed by atoms with Crippen LogP contribution in [0.3, 0.4) is 0 Å². The topological polar surface area (TPSA) is 53.4 Å². The summed E-state index contributed by atoms with van der Waals surface area (Å²) in [6, 6.07) is 10.00. The van der Waals surface area contributed by atoms with Crippen molar-refractivity contribution >= 4 is 11.8 Å². The molecule has 0 saturated heterocycles. The zero-order chi connectivity index (χ0) is 16.1. The highest BCUT2D eigenvalue weighted by Crippen LogP contribution is 2.17. The lowest BCUT2D eigenvalue weighted by atomic mass is 10.1. The zero-order valence-corrected chi connectivity index (χ0v) is 12.7. The number of anilines is 1. The summed E-state index contributed by atoms with van der Waals surface area (Å²) in [6.45, 7) is 4.42. The third-order valence-electron chi connectivity index (χ3n) is 3.42. The van der Waals surface area contributed by atoms with Gasteiger partial charge in [-0.25, -0.2) is 9.37 Å². The molecule has 1 heterocycles. The summed E-state index contributed by atoms with van der Waals surface area (Å²) in [5, 5.41) is 9.13. The largest absolute Gasteiger partial charge is 0.481 e. The minimum atomic E-state index is -0.851. The Hall–Kier alpha value is -2.43. The number of benzene rings is 1.